The molecule has 2 rings (SSSR count). The van der Waals surface area contributed by atoms with Gasteiger partial charge >= 0.3 is 5.97 Å². The highest BCUT2D eigenvalue weighted by Crippen LogP contribution is 2.71. The first-order chi connectivity index (χ1) is 10.5. The van der Waals surface area contributed by atoms with Crippen LogP contribution < -0.4 is 0 Å². The van der Waals surface area contributed by atoms with E-state index in [0.29, 0.717) is 0 Å². The minimum atomic E-state index is -0.253. The van der Waals surface area contributed by atoms with Crippen LogP contribution in [0.4, 0.5) is 0 Å². The maximum Gasteiger partial charge on any atom is 0.330 e. The molecular formula is C20H32O3. The number of rotatable bonds is 3. The van der Waals surface area contributed by atoms with Crippen molar-refractivity contribution in [2.75, 3.05) is 6.61 Å². The molecule has 0 aromatic heterocycles. The number of aliphatic hydroxyl groups is 1. The zero-order valence-electron chi connectivity index (χ0n) is 15.5. The van der Waals surface area contributed by atoms with Gasteiger partial charge in [0.05, 0.1) is 0 Å². The third-order valence-corrected chi connectivity index (χ3v) is 6.93. The highest BCUT2D eigenvalue weighted by molar-refractivity contribution is 5.82. The zero-order valence-corrected chi connectivity index (χ0v) is 15.5. The number of hydrogen-bond donors (Lipinski definition) is 1. The number of aliphatic hydroxyl groups excluding tert-OH is 1. The lowest BCUT2D eigenvalue weighted by atomic mass is 9.47. The molecule has 23 heavy (non-hydrogen) atoms. The molecule has 2 aliphatic carbocycles. The van der Waals surface area contributed by atoms with Crippen LogP contribution in [0.2, 0.25) is 0 Å². The number of carbonyl (C=O) groups excluding carboxylic acids is 1. The highest BCUT2D eigenvalue weighted by atomic mass is 16.5. The van der Waals surface area contributed by atoms with E-state index in [1.165, 1.54) is 0 Å². The van der Waals surface area contributed by atoms with Crippen molar-refractivity contribution in [2.45, 2.75) is 66.9 Å². The lowest BCUT2D eigenvalue weighted by Crippen LogP contribution is -2.56. The Balaban J connectivity index is 2.41. The summed E-state index contributed by atoms with van der Waals surface area (Å²) in [5.74, 6) is -0.164. The fourth-order valence-corrected chi connectivity index (χ4v) is 5.11. The first-order valence-corrected chi connectivity index (χ1v) is 8.65. The van der Waals surface area contributed by atoms with E-state index in [1.807, 2.05) is 13.8 Å². The number of fused-ring (bicyclic) bond motifs is 1. The summed E-state index contributed by atoms with van der Waals surface area (Å²) in [4.78, 5) is 12.2. The Hall–Kier alpha value is -1.09. The summed E-state index contributed by atoms with van der Waals surface area (Å²) in [6.45, 7) is 17.3. The van der Waals surface area contributed by atoms with Crippen LogP contribution in [-0.2, 0) is 9.53 Å². The molecule has 3 heteroatoms. The fourth-order valence-electron chi connectivity index (χ4n) is 5.11. The van der Waals surface area contributed by atoms with Gasteiger partial charge < -0.3 is 9.84 Å². The summed E-state index contributed by atoms with van der Waals surface area (Å²) in [5.41, 5.74) is 1.80. The quantitative estimate of drug-likeness (QED) is 0.480. The fraction of sp³-hybridized carbons (Fsp3) is 0.750. The molecule has 0 amide bonds. The van der Waals surface area contributed by atoms with Crippen LogP contribution >= 0.6 is 0 Å². The molecule has 2 saturated carbocycles. The molecule has 0 aliphatic heterocycles. The Kier molecular flexibility index (Phi) is 4.58. The second-order valence-corrected chi connectivity index (χ2v) is 8.72. The van der Waals surface area contributed by atoms with Crippen LogP contribution in [0.25, 0.3) is 0 Å². The second-order valence-electron chi connectivity index (χ2n) is 8.72. The molecule has 0 saturated heterocycles. The lowest BCUT2D eigenvalue weighted by Gasteiger charge is -2.59. The van der Waals surface area contributed by atoms with E-state index >= 15 is 0 Å². The van der Waals surface area contributed by atoms with Crippen molar-refractivity contribution in [3.8, 4) is 0 Å². The van der Waals surface area contributed by atoms with E-state index in [2.05, 4.69) is 34.3 Å². The van der Waals surface area contributed by atoms with Gasteiger partial charge in [0.25, 0.3) is 0 Å². The number of hydrogen-bond acceptors (Lipinski definition) is 3. The summed E-state index contributed by atoms with van der Waals surface area (Å²) < 4.78 is 5.88. The molecule has 0 aromatic carbocycles. The van der Waals surface area contributed by atoms with Gasteiger partial charge in [0.15, 0.2) is 0 Å². The van der Waals surface area contributed by atoms with E-state index < -0.39 is 0 Å². The number of ether oxygens (including phenoxy) is 1. The van der Waals surface area contributed by atoms with Gasteiger partial charge in [-0.1, -0.05) is 45.4 Å². The molecule has 4 unspecified atom stereocenters. The van der Waals surface area contributed by atoms with Gasteiger partial charge in [0.2, 0.25) is 0 Å². The summed E-state index contributed by atoms with van der Waals surface area (Å²) >= 11 is 0. The SMILES string of the molecule is C=C1C(CO)CC2(C)C(OC(=O)C=C(C)C)CCC(C)(C)C12C. The molecule has 3 nitrogen and oxygen atoms in total. The van der Waals surface area contributed by atoms with Crippen LogP contribution in [0.5, 0.6) is 0 Å². The van der Waals surface area contributed by atoms with Crippen LogP contribution in [0.3, 0.4) is 0 Å². The average Bonchev–Trinajstić information content (AvgIpc) is 2.65. The molecule has 0 spiro atoms. The molecule has 0 bridgehead atoms. The van der Waals surface area contributed by atoms with Gasteiger partial charge in [-0.2, -0.15) is 0 Å². The van der Waals surface area contributed by atoms with Gasteiger partial charge in [0, 0.05) is 29.4 Å². The number of esters is 1. The Morgan fingerprint density at radius 1 is 1.35 bits per heavy atom. The Labute approximate surface area is 140 Å². The molecule has 0 radical (unpaired) electrons. The minimum absolute atomic E-state index is 0.0716. The van der Waals surface area contributed by atoms with Crippen LogP contribution in [0.1, 0.15) is 60.8 Å². The van der Waals surface area contributed by atoms with Crippen molar-refractivity contribution in [3.63, 3.8) is 0 Å². The van der Waals surface area contributed by atoms with Gasteiger partial charge in [-0.3, -0.25) is 0 Å². The molecule has 2 aliphatic rings. The Bertz CT molecular complexity index is 541. The molecule has 4 atom stereocenters. The van der Waals surface area contributed by atoms with E-state index in [-0.39, 0.29) is 40.8 Å². The van der Waals surface area contributed by atoms with Crippen molar-refractivity contribution >= 4 is 5.97 Å². The van der Waals surface area contributed by atoms with E-state index in [0.717, 1.165) is 30.4 Å². The maximum atomic E-state index is 12.2. The van der Waals surface area contributed by atoms with Crippen molar-refractivity contribution in [1.82, 2.24) is 0 Å². The Morgan fingerprint density at radius 2 is 1.96 bits per heavy atom. The predicted molar refractivity (Wildman–Crippen MR) is 92.9 cm³/mol. The lowest BCUT2D eigenvalue weighted by molar-refractivity contribution is -0.173. The first-order valence-electron chi connectivity index (χ1n) is 8.65. The highest BCUT2D eigenvalue weighted by Gasteiger charge is 2.67. The second kappa shape index (κ2) is 5.77. The third-order valence-electron chi connectivity index (χ3n) is 6.93. The van der Waals surface area contributed by atoms with Crippen LogP contribution in [0, 0.1) is 22.2 Å². The summed E-state index contributed by atoms with van der Waals surface area (Å²) in [6, 6.07) is 0. The molecule has 2 fully saturated rings. The van der Waals surface area contributed by atoms with Crippen LogP contribution in [0.15, 0.2) is 23.8 Å². The van der Waals surface area contributed by atoms with Crippen molar-refractivity contribution in [2.24, 2.45) is 22.2 Å². The topological polar surface area (TPSA) is 46.5 Å². The first kappa shape index (κ1) is 18.3. The standard InChI is InChI=1S/C20H32O3/c1-13(2)10-17(22)23-16-8-9-18(4,5)20(7)14(3)15(12-21)11-19(16,20)6/h10,15-16,21H,3,8-9,11-12H2,1-2,4-7H3. The molecular weight excluding hydrogens is 288 g/mol. The molecule has 1 N–H and O–H groups in total. The van der Waals surface area contributed by atoms with Gasteiger partial charge in [-0.15, -0.1) is 0 Å². The van der Waals surface area contributed by atoms with E-state index in [4.69, 9.17) is 4.74 Å². The van der Waals surface area contributed by atoms with E-state index in [1.54, 1.807) is 6.08 Å². The number of carbonyl (C=O) groups is 1. The third kappa shape index (κ3) is 2.57. The largest absolute Gasteiger partial charge is 0.459 e. The van der Waals surface area contributed by atoms with Crippen molar-refractivity contribution < 1.29 is 14.6 Å². The monoisotopic (exact) mass is 320 g/mol. The van der Waals surface area contributed by atoms with Gasteiger partial charge in [-0.25, -0.2) is 4.79 Å². The van der Waals surface area contributed by atoms with Crippen molar-refractivity contribution in [3.05, 3.63) is 23.8 Å². The average molecular weight is 320 g/mol. The Morgan fingerprint density at radius 3 is 2.48 bits per heavy atom. The zero-order chi connectivity index (χ0) is 17.6. The summed E-state index contributed by atoms with van der Waals surface area (Å²) in [5, 5.41) is 9.79. The maximum absolute atomic E-state index is 12.2. The predicted octanol–water partition coefficient (Wildman–Crippen LogP) is 4.27. The summed E-state index contributed by atoms with van der Waals surface area (Å²) in [6.07, 6.45) is 4.12. The molecule has 0 aromatic rings. The van der Waals surface area contributed by atoms with Gasteiger partial charge in [0.1, 0.15) is 6.10 Å². The van der Waals surface area contributed by atoms with Crippen molar-refractivity contribution in [1.29, 1.82) is 0 Å². The smallest absolute Gasteiger partial charge is 0.330 e. The van der Waals surface area contributed by atoms with E-state index in [9.17, 15) is 9.90 Å². The number of allylic oxidation sites excluding steroid dienone is 1. The normalized spacial score (nSPS) is 38.8. The van der Waals surface area contributed by atoms with Gasteiger partial charge in [-0.05, 0) is 38.5 Å². The minimum Gasteiger partial charge on any atom is -0.459 e. The molecule has 130 valence electrons. The molecule has 0 heterocycles. The van der Waals surface area contributed by atoms with Crippen LogP contribution in [-0.4, -0.2) is 23.8 Å². The summed E-state index contributed by atoms with van der Waals surface area (Å²) in [7, 11) is 0.